The smallest absolute Gasteiger partial charge is 0.0233 e. The summed E-state index contributed by atoms with van der Waals surface area (Å²) in [5.41, 5.74) is 3.67. The summed E-state index contributed by atoms with van der Waals surface area (Å²) in [6.45, 7) is 5.79. The Balaban J connectivity index is 1.92. The van der Waals surface area contributed by atoms with E-state index in [9.17, 15) is 0 Å². The molecule has 1 atom stereocenters. The summed E-state index contributed by atoms with van der Waals surface area (Å²) in [5.74, 6) is 0. The molecular formula is C13H20NP. The monoisotopic (exact) mass is 221 g/mol. The van der Waals surface area contributed by atoms with Crippen LogP contribution in [0, 0.1) is 6.92 Å². The van der Waals surface area contributed by atoms with E-state index in [2.05, 4.69) is 45.3 Å². The highest BCUT2D eigenvalue weighted by Crippen LogP contribution is 2.19. The summed E-state index contributed by atoms with van der Waals surface area (Å²) >= 11 is 0. The molecular weight excluding hydrogens is 201 g/mol. The van der Waals surface area contributed by atoms with E-state index in [1.807, 2.05) is 0 Å². The molecule has 2 rings (SSSR count). The van der Waals surface area contributed by atoms with Crippen molar-refractivity contribution in [2.24, 2.45) is 0 Å². The van der Waals surface area contributed by atoms with Crippen LogP contribution in [0.1, 0.15) is 24.0 Å². The van der Waals surface area contributed by atoms with Crippen molar-refractivity contribution >= 4 is 9.24 Å². The number of rotatable bonds is 2. The molecule has 0 N–H and O–H groups in total. The van der Waals surface area contributed by atoms with Crippen molar-refractivity contribution in [1.82, 2.24) is 4.90 Å². The van der Waals surface area contributed by atoms with Crippen molar-refractivity contribution in [3.8, 4) is 0 Å². The lowest BCUT2D eigenvalue weighted by molar-refractivity contribution is 0.224. The molecule has 0 saturated carbocycles. The lowest BCUT2D eigenvalue weighted by Crippen LogP contribution is -2.33. The second-order valence-corrected chi connectivity index (χ2v) is 5.55. The van der Waals surface area contributed by atoms with Crippen LogP contribution >= 0.6 is 9.24 Å². The van der Waals surface area contributed by atoms with Crippen LogP contribution in [0.2, 0.25) is 0 Å². The van der Waals surface area contributed by atoms with Gasteiger partial charge in [0.2, 0.25) is 0 Å². The average Bonchev–Trinajstić information content (AvgIpc) is 2.22. The van der Waals surface area contributed by atoms with E-state index in [-0.39, 0.29) is 0 Å². The first-order valence-corrected chi connectivity index (χ1v) is 6.44. The standard InChI is InChI=1S/C13H20NP/c1-11-3-2-4-12(9-11)10-14-7-5-13(15)6-8-14/h2-4,9,13H,5-8,10,15H2,1H3. The van der Waals surface area contributed by atoms with E-state index < -0.39 is 0 Å². The fourth-order valence-corrected chi connectivity index (χ4v) is 2.48. The Morgan fingerprint density at radius 1 is 1.33 bits per heavy atom. The van der Waals surface area contributed by atoms with Gasteiger partial charge in [0.1, 0.15) is 0 Å². The Morgan fingerprint density at radius 3 is 2.73 bits per heavy atom. The van der Waals surface area contributed by atoms with Gasteiger partial charge in [-0.05, 0) is 44.1 Å². The van der Waals surface area contributed by atoms with Crippen molar-refractivity contribution in [1.29, 1.82) is 0 Å². The highest BCUT2D eigenvalue weighted by molar-refractivity contribution is 7.17. The van der Waals surface area contributed by atoms with Gasteiger partial charge in [0.05, 0.1) is 0 Å². The van der Waals surface area contributed by atoms with Crippen molar-refractivity contribution in [2.45, 2.75) is 32.0 Å². The molecule has 1 saturated heterocycles. The summed E-state index contributed by atoms with van der Waals surface area (Å²) in [5, 5.41) is 0. The van der Waals surface area contributed by atoms with Gasteiger partial charge in [-0.3, -0.25) is 4.90 Å². The van der Waals surface area contributed by atoms with Crippen LogP contribution in [0.3, 0.4) is 0 Å². The van der Waals surface area contributed by atoms with Crippen molar-refractivity contribution in [3.63, 3.8) is 0 Å². The molecule has 1 aliphatic heterocycles. The summed E-state index contributed by atoms with van der Waals surface area (Å²) in [6, 6.07) is 8.86. The maximum Gasteiger partial charge on any atom is 0.0233 e. The van der Waals surface area contributed by atoms with Crippen LogP contribution in [0.15, 0.2) is 24.3 Å². The highest BCUT2D eigenvalue weighted by atomic mass is 31.0. The van der Waals surface area contributed by atoms with Crippen LogP contribution in [0.4, 0.5) is 0 Å². The third kappa shape index (κ3) is 3.29. The van der Waals surface area contributed by atoms with E-state index in [1.54, 1.807) is 0 Å². The van der Waals surface area contributed by atoms with Gasteiger partial charge in [0.15, 0.2) is 0 Å². The molecule has 0 spiro atoms. The van der Waals surface area contributed by atoms with Gasteiger partial charge in [0.25, 0.3) is 0 Å². The van der Waals surface area contributed by atoms with Gasteiger partial charge >= 0.3 is 0 Å². The van der Waals surface area contributed by atoms with Gasteiger partial charge in [-0.25, -0.2) is 0 Å². The summed E-state index contributed by atoms with van der Waals surface area (Å²) in [7, 11) is 2.95. The van der Waals surface area contributed by atoms with E-state index in [4.69, 9.17) is 0 Å². The van der Waals surface area contributed by atoms with Crippen LogP contribution in [0.25, 0.3) is 0 Å². The zero-order chi connectivity index (χ0) is 10.7. The van der Waals surface area contributed by atoms with E-state index >= 15 is 0 Å². The molecule has 1 aromatic rings. The van der Waals surface area contributed by atoms with E-state index in [0.29, 0.717) is 0 Å². The summed E-state index contributed by atoms with van der Waals surface area (Å²) < 4.78 is 0. The fraction of sp³-hybridized carbons (Fsp3) is 0.538. The minimum Gasteiger partial charge on any atom is -0.299 e. The number of hydrogen-bond donors (Lipinski definition) is 0. The normalized spacial score (nSPS) is 19.3. The number of hydrogen-bond acceptors (Lipinski definition) is 1. The van der Waals surface area contributed by atoms with Gasteiger partial charge in [-0.1, -0.05) is 29.8 Å². The number of nitrogens with zero attached hydrogens (tertiary/aromatic N) is 1. The Morgan fingerprint density at radius 2 is 2.07 bits per heavy atom. The van der Waals surface area contributed by atoms with Gasteiger partial charge in [-0.2, -0.15) is 0 Å². The third-order valence-electron chi connectivity index (χ3n) is 3.12. The minimum atomic E-state index is 0.846. The fourth-order valence-electron chi connectivity index (χ4n) is 2.18. The molecule has 15 heavy (non-hydrogen) atoms. The topological polar surface area (TPSA) is 3.24 Å². The number of likely N-dealkylation sites (tertiary alicyclic amines) is 1. The van der Waals surface area contributed by atoms with Crippen molar-refractivity contribution in [3.05, 3.63) is 35.4 Å². The zero-order valence-corrected chi connectivity index (χ0v) is 10.6. The first-order chi connectivity index (χ1) is 7.24. The first-order valence-electron chi connectivity index (χ1n) is 5.77. The van der Waals surface area contributed by atoms with Gasteiger partial charge < -0.3 is 0 Å². The molecule has 0 aliphatic carbocycles. The Hall–Kier alpha value is -0.390. The average molecular weight is 221 g/mol. The SMILES string of the molecule is Cc1cccc(CN2CCC(P)CC2)c1. The van der Waals surface area contributed by atoms with Crippen molar-refractivity contribution < 1.29 is 0 Å². The quantitative estimate of drug-likeness (QED) is 0.694. The molecule has 1 aliphatic rings. The molecule has 1 unspecified atom stereocenters. The molecule has 1 fully saturated rings. The number of aryl methyl sites for hydroxylation is 1. The zero-order valence-electron chi connectivity index (χ0n) is 9.45. The lowest BCUT2D eigenvalue weighted by Gasteiger charge is -2.30. The van der Waals surface area contributed by atoms with Gasteiger partial charge in [0, 0.05) is 6.54 Å². The second-order valence-electron chi connectivity index (χ2n) is 4.60. The summed E-state index contributed by atoms with van der Waals surface area (Å²) in [4.78, 5) is 2.56. The summed E-state index contributed by atoms with van der Waals surface area (Å²) in [6.07, 6.45) is 2.66. The molecule has 82 valence electrons. The number of piperidine rings is 1. The molecule has 0 aromatic heterocycles. The van der Waals surface area contributed by atoms with Gasteiger partial charge in [-0.15, -0.1) is 9.24 Å². The molecule has 0 amide bonds. The van der Waals surface area contributed by atoms with Crippen LogP contribution in [-0.2, 0) is 6.54 Å². The largest absolute Gasteiger partial charge is 0.299 e. The Labute approximate surface area is 95.1 Å². The number of benzene rings is 1. The molecule has 0 radical (unpaired) electrons. The molecule has 2 heteroatoms. The highest BCUT2D eigenvalue weighted by Gasteiger charge is 2.15. The molecule has 1 aromatic carbocycles. The molecule has 0 bridgehead atoms. The predicted molar refractivity (Wildman–Crippen MR) is 69.2 cm³/mol. The predicted octanol–water partition coefficient (Wildman–Crippen LogP) is 2.83. The Bertz CT molecular complexity index is 316. The van der Waals surface area contributed by atoms with E-state index in [0.717, 1.165) is 12.2 Å². The maximum absolute atomic E-state index is 2.95. The van der Waals surface area contributed by atoms with Crippen LogP contribution in [0.5, 0.6) is 0 Å². The minimum absolute atomic E-state index is 0.846. The van der Waals surface area contributed by atoms with Crippen LogP contribution < -0.4 is 0 Å². The third-order valence-corrected chi connectivity index (χ3v) is 3.79. The second kappa shape index (κ2) is 5.09. The van der Waals surface area contributed by atoms with Crippen molar-refractivity contribution in [2.75, 3.05) is 13.1 Å². The molecule has 1 nitrogen and oxygen atoms in total. The Kier molecular flexibility index (Phi) is 3.77. The first kappa shape index (κ1) is 11.1. The maximum atomic E-state index is 2.95. The lowest BCUT2D eigenvalue weighted by atomic mass is 10.1. The van der Waals surface area contributed by atoms with E-state index in [1.165, 1.54) is 37.1 Å². The van der Waals surface area contributed by atoms with Crippen LogP contribution in [-0.4, -0.2) is 23.6 Å². The molecule has 1 heterocycles.